The third-order valence-electron chi connectivity index (χ3n) is 2.59. The highest BCUT2D eigenvalue weighted by Crippen LogP contribution is 2.33. The normalized spacial score (nSPS) is 12.5. The Labute approximate surface area is 115 Å². The maximum atomic E-state index is 13.1. The molecule has 96 valence electrons. The predicted octanol–water partition coefficient (Wildman–Crippen LogP) is 4.04. The smallest absolute Gasteiger partial charge is 0.126 e. The molecule has 18 heavy (non-hydrogen) atoms. The lowest BCUT2D eigenvalue weighted by molar-refractivity contribution is 0.628. The number of nitrogens with zero attached hydrogens (tertiary/aromatic N) is 2. The summed E-state index contributed by atoms with van der Waals surface area (Å²) >= 11 is 11.9. The molecule has 0 saturated heterocycles. The molecule has 1 N–H and O–H groups in total. The standard InChI is InChI=1S/C12H12Cl2FN3/c1-7(8-5-16-18(2)6-8)17-12-10(13)3-9(15)4-11(12)14/h3-7,17H,1-2H3. The third-order valence-corrected chi connectivity index (χ3v) is 3.19. The molecule has 1 heterocycles. The summed E-state index contributed by atoms with van der Waals surface area (Å²) in [7, 11) is 1.84. The first-order valence-electron chi connectivity index (χ1n) is 5.37. The van der Waals surface area contributed by atoms with E-state index < -0.39 is 5.82 Å². The second kappa shape index (κ2) is 5.16. The van der Waals surface area contributed by atoms with Crippen molar-refractivity contribution in [3.63, 3.8) is 0 Å². The molecule has 0 spiro atoms. The number of aromatic nitrogens is 2. The van der Waals surface area contributed by atoms with Gasteiger partial charge >= 0.3 is 0 Å². The fraction of sp³-hybridized carbons (Fsp3) is 0.250. The zero-order valence-corrected chi connectivity index (χ0v) is 11.4. The lowest BCUT2D eigenvalue weighted by Gasteiger charge is -2.16. The van der Waals surface area contributed by atoms with E-state index in [-0.39, 0.29) is 16.1 Å². The Balaban J connectivity index is 2.24. The highest BCUT2D eigenvalue weighted by atomic mass is 35.5. The van der Waals surface area contributed by atoms with Crippen molar-refractivity contribution in [2.45, 2.75) is 13.0 Å². The van der Waals surface area contributed by atoms with Crippen LogP contribution in [0.5, 0.6) is 0 Å². The van der Waals surface area contributed by atoms with Crippen LogP contribution in [0.1, 0.15) is 18.5 Å². The quantitative estimate of drug-likeness (QED) is 0.923. The van der Waals surface area contributed by atoms with Gasteiger partial charge in [-0.25, -0.2) is 4.39 Å². The van der Waals surface area contributed by atoms with Gasteiger partial charge in [-0.05, 0) is 19.1 Å². The molecular formula is C12H12Cl2FN3. The van der Waals surface area contributed by atoms with Crippen molar-refractivity contribution in [1.82, 2.24) is 9.78 Å². The third kappa shape index (κ3) is 2.76. The van der Waals surface area contributed by atoms with Crippen LogP contribution in [0.15, 0.2) is 24.5 Å². The summed E-state index contributed by atoms with van der Waals surface area (Å²) in [4.78, 5) is 0. The van der Waals surface area contributed by atoms with E-state index in [1.54, 1.807) is 10.9 Å². The minimum atomic E-state index is -0.454. The van der Waals surface area contributed by atoms with E-state index in [1.165, 1.54) is 12.1 Å². The van der Waals surface area contributed by atoms with Crippen molar-refractivity contribution < 1.29 is 4.39 Å². The Hall–Kier alpha value is -1.26. The highest BCUT2D eigenvalue weighted by molar-refractivity contribution is 6.39. The molecule has 0 saturated carbocycles. The van der Waals surface area contributed by atoms with Crippen molar-refractivity contribution in [2.24, 2.45) is 7.05 Å². The molecule has 0 radical (unpaired) electrons. The van der Waals surface area contributed by atoms with Crippen LogP contribution < -0.4 is 5.32 Å². The molecule has 1 unspecified atom stereocenters. The van der Waals surface area contributed by atoms with E-state index >= 15 is 0 Å². The van der Waals surface area contributed by atoms with Gasteiger partial charge in [0, 0.05) is 18.8 Å². The average molecular weight is 288 g/mol. The van der Waals surface area contributed by atoms with Gasteiger partial charge in [0.2, 0.25) is 0 Å². The van der Waals surface area contributed by atoms with Crippen LogP contribution in [-0.4, -0.2) is 9.78 Å². The topological polar surface area (TPSA) is 29.9 Å². The second-order valence-electron chi connectivity index (χ2n) is 4.06. The van der Waals surface area contributed by atoms with Crippen molar-refractivity contribution in [1.29, 1.82) is 0 Å². The number of halogens is 3. The Morgan fingerprint density at radius 3 is 2.44 bits per heavy atom. The van der Waals surface area contributed by atoms with Crippen molar-refractivity contribution in [2.75, 3.05) is 5.32 Å². The van der Waals surface area contributed by atoms with Crippen molar-refractivity contribution in [3.8, 4) is 0 Å². The van der Waals surface area contributed by atoms with E-state index in [2.05, 4.69) is 10.4 Å². The number of hydrogen-bond acceptors (Lipinski definition) is 2. The Bertz CT molecular complexity index is 545. The van der Waals surface area contributed by atoms with Gasteiger partial charge in [0.15, 0.2) is 0 Å². The minimum Gasteiger partial charge on any atom is -0.376 e. The monoisotopic (exact) mass is 287 g/mol. The summed E-state index contributed by atoms with van der Waals surface area (Å²) in [5.41, 5.74) is 1.52. The van der Waals surface area contributed by atoms with Gasteiger partial charge in [-0.1, -0.05) is 23.2 Å². The molecule has 2 rings (SSSR count). The van der Waals surface area contributed by atoms with Gasteiger partial charge in [0.05, 0.1) is 28.0 Å². The molecule has 0 bridgehead atoms. The second-order valence-corrected chi connectivity index (χ2v) is 4.87. The maximum Gasteiger partial charge on any atom is 0.126 e. The van der Waals surface area contributed by atoms with E-state index in [1.807, 2.05) is 20.2 Å². The minimum absolute atomic E-state index is 0.0286. The molecule has 1 aromatic carbocycles. The summed E-state index contributed by atoms with van der Waals surface area (Å²) in [6, 6.07) is 2.43. The summed E-state index contributed by atoms with van der Waals surface area (Å²) in [6.45, 7) is 1.95. The van der Waals surface area contributed by atoms with Gasteiger partial charge in [-0.3, -0.25) is 4.68 Å². The highest BCUT2D eigenvalue weighted by Gasteiger charge is 2.13. The van der Waals surface area contributed by atoms with Gasteiger partial charge in [0.1, 0.15) is 5.82 Å². The van der Waals surface area contributed by atoms with Crippen LogP contribution in [0.4, 0.5) is 10.1 Å². The molecule has 3 nitrogen and oxygen atoms in total. The lowest BCUT2D eigenvalue weighted by atomic mass is 10.2. The molecule has 0 aliphatic carbocycles. The predicted molar refractivity (Wildman–Crippen MR) is 71.7 cm³/mol. The van der Waals surface area contributed by atoms with Gasteiger partial charge in [-0.15, -0.1) is 0 Å². The van der Waals surface area contributed by atoms with Gasteiger partial charge in [0.25, 0.3) is 0 Å². The first kappa shape index (κ1) is 13.2. The molecule has 0 amide bonds. The Morgan fingerprint density at radius 2 is 1.94 bits per heavy atom. The van der Waals surface area contributed by atoms with Gasteiger partial charge < -0.3 is 5.32 Å². The molecular weight excluding hydrogens is 276 g/mol. The van der Waals surface area contributed by atoms with Crippen LogP contribution in [0, 0.1) is 5.82 Å². The summed E-state index contributed by atoms with van der Waals surface area (Å²) in [6.07, 6.45) is 3.64. The number of aryl methyl sites for hydroxylation is 1. The first-order chi connectivity index (χ1) is 8.47. The number of benzene rings is 1. The van der Waals surface area contributed by atoms with E-state index in [4.69, 9.17) is 23.2 Å². The van der Waals surface area contributed by atoms with Crippen LogP contribution in [-0.2, 0) is 7.05 Å². The van der Waals surface area contributed by atoms with Crippen molar-refractivity contribution >= 4 is 28.9 Å². The molecule has 2 aromatic rings. The number of hydrogen-bond donors (Lipinski definition) is 1. The van der Waals surface area contributed by atoms with E-state index in [9.17, 15) is 4.39 Å². The molecule has 0 aliphatic heterocycles. The van der Waals surface area contributed by atoms with Crippen LogP contribution in [0.2, 0.25) is 10.0 Å². The van der Waals surface area contributed by atoms with Crippen LogP contribution in [0.25, 0.3) is 0 Å². The molecule has 1 atom stereocenters. The lowest BCUT2D eigenvalue weighted by Crippen LogP contribution is -2.07. The maximum absolute atomic E-state index is 13.1. The SMILES string of the molecule is CC(Nc1c(Cl)cc(F)cc1Cl)c1cnn(C)c1. The fourth-order valence-corrected chi connectivity index (χ4v) is 2.21. The fourth-order valence-electron chi connectivity index (χ4n) is 1.64. The largest absolute Gasteiger partial charge is 0.376 e. The first-order valence-corrected chi connectivity index (χ1v) is 6.12. The molecule has 1 aromatic heterocycles. The summed E-state index contributed by atoms with van der Waals surface area (Å²) in [5, 5.41) is 7.76. The number of rotatable bonds is 3. The van der Waals surface area contributed by atoms with Crippen LogP contribution >= 0.6 is 23.2 Å². The summed E-state index contributed by atoms with van der Waals surface area (Å²) in [5.74, 6) is -0.454. The van der Waals surface area contributed by atoms with Crippen LogP contribution in [0.3, 0.4) is 0 Å². The van der Waals surface area contributed by atoms with Crippen molar-refractivity contribution in [3.05, 3.63) is 46.0 Å². The average Bonchev–Trinajstić information content (AvgIpc) is 2.70. The Kier molecular flexibility index (Phi) is 3.78. The molecule has 0 aliphatic rings. The summed E-state index contributed by atoms with van der Waals surface area (Å²) < 4.78 is 14.8. The number of anilines is 1. The number of nitrogens with one attached hydrogen (secondary N) is 1. The zero-order valence-electron chi connectivity index (χ0n) is 9.92. The van der Waals surface area contributed by atoms with Gasteiger partial charge in [-0.2, -0.15) is 5.10 Å². The molecule has 0 fully saturated rings. The van der Waals surface area contributed by atoms with E-state index in [0.717, 1.165) is 5.56 Å². The zero-order chi connectivity index (χ0) is 13.3. The Morgan fingerprint density at radius 1 is 1.33 bits per heavy atom. The molecule has 6 heteroatoms. The van der Waals surface area contributed by atoms with E-state index in [0.29, 0.717) is 5.69 Å².